The molecule has 29 heavy (non-hydrogen) atoms. The number of ether oxygens (including phenoxy) is 1. The van der Waals surface area contributed by atoms with Gasteiger partial charge in [0, 0.05) is 41.6 Å². The Morgan fingerprint density at radius 2 is 2.07 bits per heavy atom. The molecule has 0 saturated heterocycles. The minimum atomic E-state index is -0.951. The first-order valence-electron chi connectivity index (χ1n) is 9.27. The minimum Gasteiger partial charge on any atom is -0.409 e. The number of carbonyl (C=O) groups is 1. The Morgan fingerprint density at radius 1 is 1.14 bits per heavy atom. The number of fused-ring (bicyclic) bond motifs is 2. The zero-order chi connectivity index (χ0) is 19.8. The van der Waals surface area contributed by atoms with Crippen LogP contribution in [0.1, 0.15) is 12.1 Å². The monoisotopic (exact) mass is 387 g/mol. The van der Waals surface area contributed by atoms with Crippen molar-refractivity contribution in [2.24, 2.45) is 0 Å². The second-order valence-corrected chi connectivity index (χ2v) is 6.75. The third kappa shape index (κ3) is 2.99. The Labute approximate surface area is 165 Å². The smallest absolute Gasteiger partial charge is 0.409 e. The van der Waals surface area contributed by atoms with Crippen molar-refractivity contribution in [3.63, 3.8) is 0 Å². The number of amides is 1. The van der Waals surface area contributed by atoms with E-state index in [1.54, 1.807) is 24.5 Å². The zero-order valence-corrected chi connectivity index (χ0v) is 15.4. The van der Waals surface area contributed by atoms with Gasteiger partial charge in [-0.05, 0) is 48.7 Å². The van der Waals surface area contributed by atoms with Crippen LogP contribution in [0.3, 0.4) is 0 Å². The fourth-order valence-electron chi connectivity index (χ4n) is 3.84. The summed E-state index contributed by atoms with van der Waals surface area (Å²) in [4.78, 5) is 20.2. The molecule has 0 bridgehead atoms. The lowest BCUT2D eigenvalue weighted by Gasteiger charge is -2.10. The molecule has 0 atom stereocenters. The molecule has 4 aromatic rings. The van der Waals surface area contributed by atoms with E-state index in [1.807, 2.05) is 30.3 Å². The van der Waals surface area contributed by atoms with E-state index in [9.17, 15) is 4.79 Å². The molecule has 5 rings (SSSR count). The Bertz CT molecular complexity index is 1220. The number of nitrogens with one attached hydrogen (secondary N) is 1. The molecule has 1 amide bonds. The summed E-state index contributed by atoms with van der Waals surface area (Å²) in [5, 5.41) is 14.4. The Balaban J connectivity index is 1.69. The van der Waals surface area contributed by atoms with Crippen molar-refractivity contribution in [3.05, 3.63) is 60.6 Å². The van der Waals surface area contributed by atoms with Crippen molar-refractivity contribution in [1.82, 2.24) is 25.2 Å². The normalized spacial score (nSPS) is 12.7. The Hall–Kier alpha value is -3.78. The summed E-state index contributed by atoms with van der Waals surface area (Å²) in [6.45, 7) is 0.895. The number of aromatic nitrogens is 4. The van der Waals surface area contributed by atoms with Gasteiger partial charge in [0.25, 0.3) is 0 Å². The van der Waals surface area contributed by atoms with Gasteiger partial charge in [-0.15, -0.1) is 0 Å². The van der Waals surface area contributed by atoms with Gasteiger partial charge in [-0.3, -0.25) is 19.9 Å². The molecule has 4 heterocycles. The molecule has 0 fully saturated rings. The highest BCUT2D eigenvalue weighted by Gasteiger charge is 2.25. The van der Waals surface area contributed by atoms with E-state index >= 15 is 0 Å². The van der Waals surface area contributed by atoms with E-state index in [-0.39, 0.29) is 0 Å². The van der Waals surface area contributed by atoms with E-state index < -0.39 is 6.09 Å². The molecule has 2 N–H and O–H groups in total. The van der Waals surface area contributed by atoms with Crippen molar-refractivity contribution in [1.29, 1.82) is 0 Å². The van der Waals surface area contributed by atoms with Crippen LogP contribution >= 0.6 is 0 Å². The molecular weight excluding hydrogens is 370 g/mol. The van der Waals surface area contributed by atoms with Crippen molar-refractivity contribution in [3.8, 4) is 28.3 Å². The molecule has 1 aromatic carbocycles. The van der Waals surface area contributed by atoms with Crippen LogP contribution in [0, 0.1) is 0 Å². The summed E-state index contributed by atoms with van der Waals surface area (Å²) in [6, 6.07) is 13.0. The second kappa shape index (κ2) is 6.99. The van der Waals surface area contributed by atoms with Crippen LogP contribution in [-0.4, -0.2) is 31.0 Å². The highest BCUT2D eigenvalue weighted by atomic mass is 16.6. The van der Waals surface area contributed by atoms with Crippen LogP contribution in [-0.2, 0) is 13.0 Å². The number of rotatable bonds is 3. The largest absolute Gasteiger partial charge is 0.436 e. The molecule has 8 nitrogen and oxygen atoms in total. The van der Waals surface area contributed by atoms with Crippen LogP contribution in [0.2, 0.25) is 0 Å². The number of pyridine rings is 2. The molecule has 1 aliphatic heterocycles. The SMILES string of the molecule is O=C(NO)Oc1ccc2c(-c3c(-c4ccccn4)nn4c3CCC4)ccnc2c1. The van der Waals surface area contributed by atoms with Crippen LogP contribution in [0.5, 0.6) is 5.75 Å². The molecule has 0 saturated carbocycles. The van der Waals surface area contributed by atoms with Gasteiger partial charge in [-0.1, -0.05) is 6.07 Å². The van der Waals surface area contributed by atoms with E-state index in [1.165, 1.54) is 11.2 Å². The van der Waals surface area contributed by atoms with Crippen molar-refractivity contribution in [2.45, 2.75) is 19.4 Å². The maximum absolute atomic E-state index is 11.3. The first-order valence-corrected chi connectivity index (χ1v) is 9.27. The number of aryl methyl sites for hydroxylation is 1. The molecule has 1 aliphatic rings. The lowest BCUT2D eigenvalue weighted by molar-refractivity contribution is 0.127. The Kier molecular flexibility index (Phi) is 4.18. The van der Waals surface area contributed by atoms with Crippen LogP contribution < -0.4 is 10.2 Å². The highest BCUT2D eigenvalue weighted by Crippen LogP contribution is 2.40. The molecule has 3 aromatic heterocycles. The number of carbonyl (C=O) groups excluding carboxylic acids is 1. The van der Waals surface area contributed by atoms with Gasteiger partial charge in [0.15, 0.2) is 0 Å². The average molecular weight is 387 g/mol. The maximum Gasteiger partial charge on any atom is 0.436 e. The maximum atomic E-state index is 11.3. The molecule has 144 valence electrons. The lowest BCUT2D eigenvalue weighted by atomic mass is 9.96. The summed E-state index contributed by atoms with van der Waals surface area (Å²) in [6.07, 6.45) is 4.57. The van der Waals surface area contributed by atoms with Crippen molar-refractivity contribution in [2.75, 3.05) is 0 Å². The van der Waals surface area contributed by atoms with Gasteiger partial charge < -0.3 is 4.74 Å². The number of hydrogen-bond acceptors (Lipinski definition) is 6. The van der Waals surface area contributed by atoms with Gasteiger partial charge >= 0.3 is 6.09 Å². The number of benzene rings is 1. The fourth-order valence-corrected chi connectivity index (χ4v) is 3.84. The minimum absolute atomic E-state index is 0.291. The molecule has 8 heteroatoms. The fraction of sp³-hybridized carbons (Fsp3) is 0.143. The Morgan fingerprint density at radius 3 is 2.90 bits per heavy atom. The van der Waals surface area contributed by atoms with Gasteiger partial charge in [0.1, 0.15) is 11.4 Å². The van der Waals surface area contributed by atoms with Gasteiger partial charge in [0.05, 0.1) is 11.2 Å². The number of hydroxylamine groups is 1. The number of nitrogens with zero attached hydrogens (tertiary/aromatic N) is 4. The van der Waals surface area contributed by atoms with E-state index in [0.717, 1.165) is 47.3 Å². The summed E-state index contributed by atoms with van der Waals surface area (Å²) in [5.74, 6) is 0.291. The lowest BCUT2D eigenvalue weighted by Crippen LogP contribution is -2.22. The third-order valence-electron chi connectivity index (χ3n) is 5.03. The summed E-state index contributed by atoms with van der Waals surface area (Å²) < 4.78 is 7.07. The first-order chi connectivity index (χ1) is 14.2. The average Bonchev–Trinajstić information content (AvgIpc) is 3.35. The zero-order valence-electron chi connectivity index (χ0n) is 15.4. The van der Waals surface area contributed by atoms with Crippen LogP contribution in [0.15, 0.2) is 54.9 Å². The number of hydrogen-bond donors (Lipinski definition) is 2. The van der Waals surface area contributed by atoms with Gasteiger partial charge in [-0.25, -0.2) is 10.3 Å². The third-order valence-corrected chi connectivity index (χ3v) is 5.03. The van der Waals surface area contributed by atoms with Gasteiger partial charge in [0.2, 0.25) is 0 Å². The summed E-state index contributed by atoms with van der Waals surface area (Å²) in [7, 11) is 0. The van der Waals surface area contributed by atoms with E-state index in [0.29, 0.717) is 11.3 Å². The standard InChI is InChI=1S/C21H17N5O3/c27-21(25-28)29-13-6-7-14-15(8-10-23-17(14)12-13)19-18-5-3-11-26(18)24-20(19)16-4-1-2-9-22-16/h1-2,4,6-10,12,28H,3,5,11H2,(H,25,27). The predicted octanol–water partition coefficient (Wildman–Crippen LogP) is 3.58. The summed E-state index contributed by atoms with van der Waals surface area (Å²) in [5.41, 5.74) is 7.08. The highest BCUT2D eigenvalue weighted by molar-refractivity contribution is 5.99. The summed E-state index contributed by atoms with van der Waals surface area (Å²) >= 11 is 0. The molecular formula is C21H17N5O3. The van der Waals surface area contributed by atoms with E-state index in [2.05, 4.69) is 14.6 Å². The van der Waals surface area contributed by atoms with Crippen molar-refractivity contribution < 1.29 is 14.7 Å². The topological polar surface area (TPSA) is 102 Å². The first kappa shape index (κ1) is 17.3. The second-order valence-electron chi connectivity index (χ2n) is 6.75. The molecule has 0 radical (unpaired) electrons. The van der Waals surface area contributed by atoms with Crippen LogP contribution in [0.25, 0.3) is 33.4 Å². The quantitative estimate of drug-likeness (QED) is 0.411. The van der Waals surface area contributed by atoms with Crippen molar-refractivity contribution >= 4 is 17.0 Å². The predicted molar refractivity (Wildman–Crippen MR) is 105 cm³/mol. The van der Waals surface area contributed by atoms with E-state index in [4.69, 9.17) is 15.0 Å². The van der Waals surface area contributed by atoms with Gasteiger partial charge in [-0.2, -0.15) is 5.10 Å². The molecule has 0 aliphatic carbocycles. The van der Waals surface area contributed by atoms with Crippen LogP contribution in [0.4, 0.5) is 4.79 Å². The molecule has 0 spiro atoms. The molecule has 0 unspecified atom stereocenters.